The van der Waals surface area contributed by atoms with Crippen molar-refractivity contribution in [3.8, 4) is 0 Å². The van der Waals surface area contributed by atoms with E-state index in [4.69, 9.17) is 4.74 Å². The van der Waals surface area contributed by atoms with E-state index < -0.39 is 0 Å². The third-order valence-electron chi connectivity index (χ3n) is 3.44. The summed E-state index contributed by atoms with van der Waals surface area (Å²) in [6.45, 7) is 1.57. The monoisotopic (exact) mass is 294 g/mol. The average molecular weight is 294 g/mol. The van der Waals surface area contributed by atoms with Gasteiger partial charge in [-0.2, -0.15) is 0 Å². The number of carbonyl (C=O) groups excluding carboxylic acids is 2. The molecule has 1 aliphatic heterocycles. The van der Waals surface area contributed by atoms with Gasteiger partial charge in [0, 0.05) is 39.1 Å². The van der Waals surface area contributed by atoms with Gasteiger partial charge in [-0.05, 0) is 17.7 Å². The molecule has 1 heterocycles. The van der Waals surface area contributed by atoms with Gasteiger partial charge in [0.1, 0.15) is 12.4 Å². The minimum absolute atomic E-state index is 0.0277. The van der Waals surface area contributed by atoms with E-state index in [2.05, 4.69) is 5.32 Å². The Morgan fingerprint density at radius 2 is 2.14 bits per heavy atom. The topological polar surface area (TPSA) is 58.6 Å². The Morgan fingerprint density at radius 1 is 1.43 bits per heavy atom. The molecule has 5 nitrogen and oxygen atoms in total. The van der Waals surface area contributed by atoms with E-state index in [-0.39, 0.29) is 30.2 Å². The Balaban J connectivity index is 1.82. The molecule has 2 rings (SSSR count). The number of benzene rings is 1. The number of ether oxygens (including phenoxy) is 1. The molecule has 6 heteroatoms. The Morgan fingerprint density at radius 3 is 2.81 bits per heavy atom. The van der Waals surface area contributed by atoms with E-state index in [0.717, 1.165) is 5.56 Å². The lowest BCUT2D eigenvalue weighted by atomic mass is 10.1. The molecule has 1 fully saturated rings. The lowest BCUT2D eigenvalue weighted by molar-refractivity contribution is -0.128. The molecule has 1 aliphatic rings. The van der Waals surface area contributed by atoms with E-state index in [0.29, 0.717) is 26.1 Å². The fourth-order valence-corrected chi connectivity index (χ4v) is 2.39. The maximum absolute atomic E-state index is 12.8. The van der Waals surface area contributed by atoms with Crippen LogP contribution in [0.5, 0.6) is 0 Å². The van der Waals surface area contributed by atoms with Crippen LogP contribution in [0.1, 0.15) is 12.0 Å². The van der Waals surface area contributed by atoms with E-state index in [1.807, 2.05) is 0 Å². The van der Waals surface area contributed by atoms with E-state index in [9.17, 15) is 14.0 Å². The average Bonchev–Trinajstić information content (AvgIpc) is 2.80. The number of methoxy groups -OCH3 is 1. The Labute approximate surface area is 123 Å². The number of hydrogen-bond donors (Lipinski definition) is 1. The van der Waals surface area contributed by atoms with Gasteiger partial charge in [0.15, 0.2) is 0 Å². The van der Waals surface area contributed by atoms with Crippen molar-refractivity contribution in [3.63, 3.8) is 0 Å². The quantitative estimate of drug-likeness (QED) is 0.849. The third-order valence-corrected chi connectivity index (χ3v) is 3.44. The minimum atomic E-state index is -0.287. The summed E-state index contributed by atoms with van der Waals surface area (Å²) in [5, 5.41) is 2.75. The van der Waals surface area contributed by atoms with Gasteiger partial charge < -0.3 is 15.0 Å². The van der Waals surface area contributed by atoms with Crippen LogP contribution in [0.15, 0.2) is 24.3 Å². The number of halogens is 1. The number of nitrogens with zero attached hydrogens (tertiary/aromatic N) is 1. The zero-order chi connectivity index (χ0) is 15.2. The molecular formula is C15H19FN2O3. The molecule has 1 N–H and O–H groups in total. The fourth-order valence-electron chi connectivity index (χ4n) is 2.39. The molecule has 0 spiro atoms. The lowest BCUT2D eigenvalue weighted by Crippen LogP contribution is -2.33. The SMILES string of the molecule is COCC(=O)NCC1CC(=O)N(Cc2ccc(F)cc2)C1. The van der Waals surface area contributed by atoms with Gasteiger partial charge in [0.25, 0.3) is 0 Å². The number of amides is 2. The van der Waals surface area contributed by atoms with Gasteiger partial charge in [-0.15, -0.1) is 0 Å². The highest BCUT2D eigenvalue weighted by Gasteiger charge is 2.29. The summed E-state index contributed by atoms with van der Waals surface area (Å²) in [7, 11) is 1.46. The summed E-state index contributed by atoms with van der Waals surface area (Å²) >= 11 is 0. The highest BCUT2D eigenvalue weighted by atomic mass is 19.1. The van der Waals surface area contributed by atoms with Crippen LogP contribution >= 0.6 is 0 Å². The van der Waals surface area contributed by atoms with Crippen LogP contribution in [0.2, 0.25) is 0 Å². The zero-order valence-corrected chi connectivity index (χ0v) is 12.0. The van der Waals surface area contributed by atoms with Crippen molar-refractivity contribution in [1.82, 2.24) is 10.2 Å². The first-order valence-electron chi connectivity index (χ1n) is 6.86. The molecule has 0 radical (unpaired) electrons. The van der Waals surface area contributed by atoms with E-state index in [1.165, 1.54) is 19.2 Å². The molecule has 2 amide bonds. The van der Waals surface area contributed by atoms with Crippen molar-refractivity contribution in [2.75, 3.05) is 26.8 Å². The van der Waals surface area contributed by atoms with Gasteiger partial charge in [0.05, 0.1) is 0 Å². The van der Waals surface area contributed by atoms with Crippen LogP contribution < -0.4 is 5.32 Å². The van der Waals surface area contributed by atoms with Crippen molar-refractivity contribution < 1.29 is 18.7 Å². The van der Waals surface area contributed by atoms with E-state index >= 15 is 0 Å². The van der Waals surface area contributed by atoms with Crippen molar-refractivity contribution >= 4 is 11.8 Å². The van der Waals surface area contributed by atoms with Crippen molar-refractivity contribution in [2.45, 2.75) is 13.0 Å². The molecule has 1 aromatic carbocycles. The Bertz CT molecular complexity index is 504. The van der Waals surface area contributed by atoms with E-state index in [1.54, 1.807) is 17.0 Å². The maximum atomic E-state index is 12.8. The second-order valence-electron chi connectivity index (χ2n) is 5.21. The normalized spacial score (nSPS) is 18.1. The molecule has 114 valence electrons. The molecule has 0 aliphatic carbocycles. The Kier molecular flexibility index (Phi) is 5.27. The van der Waals surface area contributed by atoms with Crippen molar-refractivity contribution in [1.29, 1.82) is 0 Å². The van der Waals surface area contributed by atoms with Gasteiger partial charge >= 0.3 is 0 Å². The predicted octanol–water partition coefficient (Wildman–Crippen LogP) is 0.937. The van der Waals surface area contributed by atoms with Gasteiger partial charge in [-0.1, -0.05) is 12.1 Å². The summed E-state index contributed by atoms with van der Waals surface area (Å²) in [5.74, 6) is -0.295. The van der Waals surface area contributed by atoms with Crippen LogP contribution in [-0.4, -0.2) is 43.5 Å². The maximum Gasteiger partial charge on any atom is 0.245 e. The fraction of sp³-hybridized carbons (Fsp3) is 0.467. The molecule has 0 saturated carbocycles. The standard InChI is InChI=1S/C15H19FN2O3/c1-21-10-14(19)17-7-12-6-15(20)18(9-12)8-11-2-4-13(16)5-3-11/h2-5,12H,6-10H2,1H3,(H,17,19). The summed E-state index contributed by atoms with van der Waals surface area (Å²) in [5.41, 5.74) is 0.897. The lowest BCUT2D eigenvalue weighted by Gasteiger charge is -2.17. The summed E-state index contributed by atoms with van der Waals surface area (Å²) in [4.78, 5) is 25.0. The van der Waals surface area contributed by atoms with Crippen molar-refractivity contribution in [3.05, 3.63) is 35.6 Å². The second-order valence-corrected chi connectivity index (χ2v) is 5.21. The molecule has 0 bridgehead atoms. The minimum Gasteiger partial charge on any atom is -0.375 e. The molecule has 1 saturated heterocycles. The molecule has 1 aromatic rings. The van der Waals surface area contributed by atoms with Crippen LogP contribution in [0.25, 0.3) is 0 Å². The first-order chi connectivity index (χ1) is 10.1. The number of hydrogen-bond acceptors (Lipinski definition) is 3. The number of nitrogens with one attached hydrogen (secondary N) is 1. The number of rotatable bonds is 6. The highest BCUT2D eigenvalue weighted by Crippen LogP contribution is 2.19. The molecular weight excluding hydrogens is 275 g/mol. The van der Waals surface area contributed by atoms with Crippen LogP contribution in [0.3, 0.4) is 0 Å². The van der Waals surface area contributed by atoms with Gasteiger partial charge in [0.2, 0.25) is 11.8 Å². The van der Waals surface area contributed by atoms with Crippen molar-refractivity contribution in [2.24, 2.45) is 5.92 Å². The molecule has 1 unspecified atom stereocenters. The van der Waals surface area contributed by atoms with Gasteiger partial charge in [-0.3, -0.25) is 9.59 Å². The summed E-state index contributed by atoms with van der Waals surface area (Å²) < 4.78 is 17.6. The third kappa shape index (κ3) is 4.53. The summed E-state index contributed by atoms with van der Waals surface area (Å²) in [6, 6.07) is 6.13. The predicted molar refractivity (Wildman–Crippen MR) is 74.8 cm³/mol. The molecule has 21 heavy (non-hydrogen) atoms. The molecule has 0 aromatic heterocycles. The first kappa shape index (κ1) is 15.4. The van der Waals surface area contributed by atoms with Crippen LogP contribution in [-0.2, 0) is 20.9 Å². The highest BCUT2D eigenvalue weighted by molar-refractivity contribution is 5.79. The van der Waals surface area contributed by atoms with Crippen LogP contribution in [0, 0.1) is 11.7 Å². The zero-order valence-electron chi connectivity index (χ0n) is 12.0. The number of likely N-dealkylation sites (tertiary alicyclic amines) is 1. The molecule has 1 atom stereocenters. The van der Waals surface area contributed by atoms with Gasteiger partial charge in [-0.25, -0.2) is 4.39 Å². The largest absolute Gasteiger partial charge is 0.375 e. The van der Waals surface area contributed by atoms with Crippen LogP contribution in [0.4, 0.5) is 4.39 Å². The Hall–Kier alpha value is -1.95. The smallest absolute Gasteiger partial charge is 0.245 e. The second kappa shape index (κ2) is 7.17. The summed E-state index contributed by atoms with van der Waals surface area (Å²) in [6.07, 6.45) is 0.425. The number of carbonyl (C=O) groups is 2. The first-order valence-corrected chi connectivity index (χ1v) is 6.86.